The third-order valence-electron chi connectivity index (χ3n) is 3.99. The Balaban J connectivity index is 1.66. The summed E-state index contributed by atoms with van der Waals surface area (Å²) in [4.78, 5) is 11.1. The minimum absolute atomic E-state index is 0.257. The first-order valence-electron chi connectivity index (χ1n) is 6.60. The molecule has 1 amide bonds. The van der Waals surface area contributed by atoms with E-state index in [0.29, 0.717) is 23.8 Å². The van der Waals surface area contributed by atoms with Crippen molar-refractivity contribution < 1.29 is 13.9 Å². The van der Waals surface area contributed by atoms with Gasteiger partial charge in [0.05, 0.1) is 12.2 Å². The summed E-state index contributed by atoms with van der Waals surface area (Å²) in [5, 5.41) is 3.32. The SMILES string of the molecule is NC(=O)c1ccc(F)c(CNC2CC3CCC2O3)c1. The number of ether oxygens (including phenoxy) is 1. The van der Waals surface area contributed by atoms with E-state index < -0.39 is 5.91 Å². The van der Waals surface area contributed by atoms with Crippen LogP contribution >= 0.6 is 0 Å². The molecule has 3 N–H and O–H groups in total. The monoisotopic (exact) mass is 264 g/mol. The summed E-state index contributed by atoms with van der Waals surface area (Å²) in [6.45, 7) is 0.393. The largest absolute Gasteiger partial charge is 0.373 e. The van der Waals surface area contributed by atoms with Crippen molar-refractivity contribution in [1.82, 2.24) is 5.32 Å². The summed E-state index contributed by atoms with van der Waals surface area (Å²) in [5.41, 5.74) is 6.01. The van der Waals surface area contributed by atoms with E-state index in [2.05, 4.69) is 5.32 Å². The maximum atomic E-state index is 13.7. The molecule has 102 valence electrons. The van der Waals surface area contributed by atoms with Crippen molar-refractivity contribution in [3.63, 3.8) is 0 Å². The molecular weight excluding hydrogens is 247 g/mol. The van der Waals surface area contributed by atoms with E-state index in [4.69, 9.17) is 10.5 Å². The molecule has 2 fully saturated rings. The van der Waals surface area contributed by atoms with Gasteiger partial charge in [0, 0.05) is 23.7 Å². The van der Waals surface area contributed by atoms with Crippen molar-refractivity contribution in [3.8, 4) is 0 Å². The van der Waals surface area contributed by atoms with Crippen LogP contribution in [0.25, 0.3) is 0 Å². The molecule has 3 unspecified atom stereocenters. The van der Waals surface area contributed by atoms with E-state index in [1.165, 1.54) is 18.2 Å². The molecule has 1 aromatic rings. The lowest BCUT2D eigenvalue weighted by molar-refractivity contribution is 0.0971. The summed E-state index contributed by atoms with van der Waals surface area (Å²) in [5.74, 6) is -0.855. The minimum Gasteiger partial charge on any atom is -0.373 e. The third kappa shape index (κ3) is 2.48. The van der Waals surface area contributed by atoms with Gasteiger partial charge in [-0.15, -0.1) is 0 Å². The Hall–Kier alpha value is -1.46. The number of nitrogens with two attached hydrogens (primary N) is 1. The number of amides is 1. The number of rotatable bonds is 4. The Morgan fingerprint density at radius 1 is 1.47 bits per heavy atom. The van der Waals surface area contributed by atoms with Gasteiger partial charge in [0.2, 0.25) is 5.91 Å². The Morgan fingerprint density at radius 3 is 2.95 bits per heavy atom. The van der Waals surface area contributed by atoms with Gasteiger partial charge < -0.3 is 15.8 Å². The molecule has 1 aromatic carbocycles. The predicted octanol–water partition coefficient (Wildman–Crippen LogP) is 1.33. The lowest BCUT2D eigenvalue weighted by atomic mass is 9.95. The molecule has 3 atom stereocenters. The smallest absolute Gasteiger partial charge is 0.248 e. The van der Waals surface area contributed by atoms with Crippen molar-refractivity contribution in [2.45, 2.75) is 44.1 Å². The number of hydrogen-bond donors (Lipinski definition) is 2. The molecule has 0 aliphatic carbocycles. The van der Waals surface area contributed by atoms with E-state index in [1.54, 1.807) is 0 Å². The van der Waals surface area contributed by atoms with Crippen molar-refractivity contribution in [3.05, 3.63) is 35.1 Å². The molecular formula is C14H17FN2O2. The van der Waals surface area contributed by atoms with E-state index in [-0.39, 0.29) is 18.0 Å². The maximum absolute atomic E-state index is 13.7. The van der Waals surface area contributed by atoms with Gasteiger partial charge in [-0.3, -0.25) is 4.79 Å². The fourth-order valence-corrected chi connectivity index (χ4v) is 2.96. The van der Waals surface area contributed by atoms with Crippen LogP contribution in [0.1, 0.15) is 35.2 Å². The molecule has 2 bridgehead atoms. The molecule has 0 spiro atoms. The van der Waals surface area contributed by atoms with Gasteiger partial charge in [0.15, 0.2) is 0 Å². The van der Waals surface area contributed by atoms with Crippen LogP contribution in [-0.4, -0.2) is 24.2 Å². The molecule has 2 aliphatic rings. The lowest BCUT2D eigenvalue weighted by Crippen LogP contribution is -2.37. The summed E-state index contributed by atoms with van der Waals surface area (Å²) in [7, 11) is 0. The summed E-state index contributed by atoms with van der Waals surface area (Å²) < 4.78 is 19.4. The van der Waals surface area contributed by atoms with Crippen LogP contribution in [0.4, 0.5) is 4.39 Å². The zero-order valence-corrected chi connectivity index (χ0v) is 10.6. The highest BCUT2D eigenvalue weighted by atomic mass is 19.1. The van der Waals surface area contributed by atoms with Gasteiger partial charge in [0.25, 0.3) is 0 Å². The average Bonchev–Trinajstić information content (AvgIpc) is 2.99. The zero-order chi connectivity index (χ0) is 13.4. The van der Waals surface area contributed by atoms with Gasteiger partial charge in [-0.05, 0) is 37.5 Å². The Kier molecular flexibility index (Phi) is 3.24. The molecule has 5 heteroatoms. The highest BCUT2D eigenvalue weighted by molar-refractivity contribution is 5.92. The van der Waals surface area contributed by atoms with E-state index in [1.807, 2.05) is 0 Å². The number of carbonyl (C=O) groups excluding carboxylic acids is 1. The van der Waals surface area contributed by atoms with Crippen LogP contribution in [0.3, 0.4) is 0 Å². The highest BCUT2D eigenvalue weighted by Gasteiger charge is 2.40. The number of primary amides is 1. The van der Waals surface area contributed by atoms with Gasteiger partial charge in [-0.1, -0.05) is 0 Å². The molecule has 2 aliphatic heterocycles. The number of benzene rings is 1. The van der Waals surface area contributed by atoms with Crippen LogP contribution < -0.4 is 11.1 Å². The number of carbonyl (C=O) groups is 1. The standard InChI is InChI=1S/C14H17FN2O2/c15-11-3-1-8(14(16)18)5-9(11)7-17-12-6-10-2-4-13(12)19-10/h1,3,5,10,12-13,17H,2,4,6-7H2,(H2,16,18). The average molecular weight is 264 g/mol. The van der Waals surface area contributed by atoms with Crippen molar-refractivity contribution in [2.24, 2.45) is 5.73 Å². The van der Waals surface area contributed by atoms with Crippen molar-refractivity contribution in [1.29, 1.82) is 0 Å². The fourth-order valence-electron chi connectivity index (χ4n) is 2.96. The molecule has 4 nitrogen and oxygen atoms in total. The van der Waals surface area contributed by atoms with E-state index >= 15 is 0 Å². The predicted molar refractivity (Wildman–Crippen MR) is 68.1 cm³/mol. The Morgan fingerprint density at radius 2 is 2.32 bits per heavy atom. The first kappa shape index (κ1) is 12.6. The first-order valence-corrected chi connectivity index (χ1v) is 6.60. The second-order valence-electron chi connectivity index (χ2n) is 5.27. The highest BCUT2D eigenvalue weighted by Crippen LogP contribution is 2.34. The minimum atomic E-state index is -0.537. The Bertz CT molecular complexity index is 506. The second kappa shape index (κ2) is 4.90. The molecule has 3 rings (SSSR count). The summed E-state index contributed by atoms with van der Waals surface area (Å²) in [6.07, 6.45) is 3.82. The fraction of sp³-hybridized carbons (Fsp3) is 0.500. The van der Waals surface area contributed by atoms with Gasteiger partial charge in [-0.2, -0.15) is 0 Å². The van der Waals surface area contributed by atoms with Gasteiger partial charge >= 0.3 is 0 Å². The molecule has 0 aromatic heterocycles. The molecule has 2 heterocycles. The molecule has 19 heavy (non-hydrogen) atoms. The number of fused-ring (bicyclic) bond motifs is 2. The second-order valence-corrected chi connectivity index (χ2v) is 5.27. The van der Waals surface area contributed by atoms with E-state index in [9.17, 15) is 9.18 Å². The van der Waals surface area contributed by atoms with Crippen LogP contribution in [0, 0.1) is 5.82 Å². The van der Waals surface area contributed by atoms with Gasteiger partial charge in [-0.25, -0.2) is 4.39 Å². The van der Waals surface area contributed by atoms with Crippen molar-refractivity contribution in [2.75, 3.05) is 0 Å². The molecule has 0 radical (unpaired) electrons. The summed E-state index contributed by atoms with van der Waals surface area (Å²) in [6, 6.07) is 4.49. The van der Waals surface area contributed by atoms with Crippen LogP contribution in [0.15, 0.2) is 18.2 Å². The lowest BCUT2D eigenvalue weighted by Gasteiger charge is -2.20. The maximum Gasteiger partial charge on any atom is 0.248 e. The normalized spacial score (nSPS) is 28.8. The van der Waals surface area contributed by atoms with E-state index in [0.717, 1.165) is 19.3 Å². The quantitative estimate of drug-likeness (QED) is 0.862. The Labute approximate surface area is 111 Å². The number of hydrogen-bond acceptors (Lipinski definition) is 3. The van der Waals surface area contributed by atoms with Crippen LogP contribution in [0.5, 0.6) is 0 Å². The molecule has 2 saturated heterocycles. The zero-order valence-electron chi connectivity index (χ0n) is 10.6. The van der Waals surface area contributed by atoms with Gasteiger partial charge in [0.1, 0.15) is 5.82 Å². The first-order chi connectivity index (χ1) is 9.13. The number of halogens is 1. The van der Waals surface area contributed by atoms with Crippen molar-refractivity contribution >= 4 is 5.91 Å². The third-order valence-corrected chi connectivity index (χ3v) is 3.99. The summed E-state index contributed by atoms with van der Waals surface area (Å²) >= 11 is 0. The molecule has 0 saturated carbocycles. The topological polar surface area (TPSA) is 64.4 Å². The van der Waals surface area contributed by atoms with Crippen LogP contribution in [-0.2, 0) is 11.3 Å². The number of nitrogens with one attached hydrogen (secondary N) is 1. The van der Waals surface area contributed by atoms with Crippen LogP contribution in [0.2, 0.25) is 0 Å².